The van der Waals surface area contributed by atoms with Crippen LogP contribution in [0.1, 0.15) is 24.1 Å². The van der Waals surface area contributed by atoms with Gasteiger partial charge in [-0.25, -0.2) is 0 Å². The number of methoxy groups -OCH3 is 1. The molecule has 1 heterocycles. The van der Waals surface area contributed by atoms with Crippen LogP contribution in [0.25, 0.3) is 5.76 Å². The lowest BCUT2D eigenvalue weighted by Gasteiger charge is -2.26. The lowest BCUT2D eigenvalue weighted by Crippen LogP contribution is -2.32. The van der Waals surface area contributed by atoms with Gasteiger partial charge in [0.15, 0.2) is 11.5 Å². The van der Waals surface area contributed by atoms with Gasteiger partial charge in [-0.1, -0.05) is 30.3 Å². The predicted molar refractivity (Wildman–Crippen MR) is 126 cm³/mol. The fraction of sp³-hybridized carbons (Fsp3) is 0.280. The van der Waals surface area contributed by atoms with Gasteiger partial charge in [0.05, 0.1) is 24.8 Å². The maximum absolute atomic E-state index is 13.0. The smallest absolute Gasteiger partial charge is 0.295 e. The molecule has 2 aromatic rings. The lowest BCUT2D eigenvalue weighted by atomic mass is 9.95. The second-order valence-electron chi connectivity index (χ2n) is 7.23. The number of carbonyl (C=O) groups excluding carboxylic acids is 2. The first kappa shape index (κ1) is 24.4. The van der Waals surface area contributed by atoms with E-state index in [0.29, 0.717) is 40.9 Å². The highest BCUT2D eigenvalue weighted by Gasteiger charge is 2.46. The number of hydrogen-bond donors (Lipinski definition) is 1. The Bertz CT molecular complexity index is 1060. The standard InChI is InChI=1S/C25H26ClNO6/c1-4-13-33-19-11-8-17(15-20(19)32-5-2)22-21(23(28)16-6-9-18(26)10-7-16)24(29)25(30)27(22)12-14-31-3/h4,6-11,15,22,28H,1,5,12-14H2,2-3H3/b23-21+. The number of ether oxygens (including phenoxy) is 3. The molecule has 1 aliphatic heterocycles. The summed E-state index contributed by atoms with van der Waals surface area (Å²) in [5.41, 5.74) is 0.959. The monoisotopic (exact) mass is 471 g/mol. The Kier molecular flexibility index (Phi) is 8.14. The van der Waals surface area contributed by atoms with E-state index < -0.39 is 17.7 Å². The molecule has 174 valence electrons. The number of nitrogens with zero attached hydrogens (tertiary/aromatic N) is 1. The predicted octanol–water partition coefficient (Wildman–Crippen LogP) is 4.37. The van der Waals surface area contributed by atoms with E-state index in [2.05, 4.69) is 6.58 Å². The molecule has 2 aromatic carbocycles. The summed E-state index contributed by atoms with van der Waals surface area (Å²) in [6, 6.07) is 10.7. The van der Waals surface area contributed by atoms with Gasteiger partial charge in [-0.3, -0.25) is 9.59 Å². The lowest BCUT2D eigenvalue weighted by molar-refractivity contribution is -0.140. The molecule has 0 aliphatic carbocycles. The Balaban J connectivity index is 2.15. The van der Waals surface area contributed by atoms with Crippen molar-refractivity contribution in [3.05, 3.63) is 76.8 Å². The number of aliphatic hydroxyl groups excluding tert-OH is 1. The Labute approximate surface area is 197 Å². The van der Waals surface area contributed by atoms with Crippen LogP contribution in [0, 0.1) is 0 Å². The molecule has 7 nitrogen and oxygen atoms in total. The molecule has 8 heteroatoms. The van der Waals surface area contributed by atoms with Gasteiger partial charge >= 0.3 is 0 Å². The molecule has 1 atom stereocenters. The molecular formula is C25H26ClNO6. The zero-order valence-electron chi connectivity index (χ0n) is 18.5. The number of Topliss-reactive ketones (excluding diaryl/α,β-unsaturated/α-hetero) is 1. The third kappa shape index (κ3) is 5.21. The maximum Gasteiger partial charge on any atom is 0.295 e. The summed E-state index contributed by atoms with van der Waals surface area (Å²) in [7, 11) is 1.51. The van der Waals surface area contributed by atoms with E-state index in [-0.39, 0.29) is 24.5 Å². The maximum atomic E-state index is 13.0. The number of halogens is 1. The molecule has 0 spiro atoms. The molecule has 1 unspecified atom stereocenters. The number of benzene rings is 2. The van der Waals surface area contributed by atoms with Crippen molar-refractivity contribution in [2.75, 3.05) is 33.5 Å². The molecule has 1 aliphatic rings. The highest BCUT2D eigenvalue weighted by molar-refractivity contribution is 6.46. The summed E-state index contributed by atoms with van der Waals surface area (Å²) in [4.78, 5) is 27.3. The summed E-state index contributed by atoms with van der Waals surface area (Å²) < 4.78 is 16.5. The average Bonchev–Trinajstić information content (AvgIpc) is 3.07. The molecule has 0 saturated carbocycles. The third-order valence-corrected chi connectivity index (χ3v) is 5.39. The highest BCUT2D eigenvalue weighted by atomic mass is 35.5. The Morgan fingerprint density at radius 1 is 1.15 bits per heavy atom. The zero-order valence-corrected chi connectivity index (χ0v) is 19.3. The van der Waals surface area contributed by atoms with Crippen LogP contribution in [0.3, 0.4) is 0 Å². The number of carbonyl (C=O) groups is 2. The summed E-state index contributed by atoms with van der Waals surface area (Å²) >= 11 is 5.96. The van der Waals surface area contributed by atoms with Crippen LogP contribution in [-0.2, 0) is 14.3 Å². The van der Waals surface area contributed by atoms with Gasteiger partial charge < -0.3 is 24.2 Å². The number of rotatable bonds is 10. The van der Waals surface area contributed by atoms with Crippen molar-refractivity contribution in [1.29, 1.82) is 0 Å². The van der Waals surface area contributed by atoms with Crippen LogP contribution in [0.4, 0.5) is 0 Å². The Hall–Kier alpha value is -3.29. The molecule has 1 saturated heterocycles. The fourth-order valence-corrected chi connectivity index (χ4v) is 3.77. The van der Waals surface area contributed by atoms with Crippen LogP contribution in [0.15, 0.2) is 60.7 Å². The van der Waals surface area contributed by atoms with Crippen molar-refractivity contribution < 1.29 is 28.9 Å². The third-order valence-electron chi connectivity index (χ3n) is 5.13. The van der Waals surface area contributed by atoms with E-state index in [1.807, 2.05) is 6.92 Å². The van der Waals surface area contributed by atoms with Crippen molar-refractivity contribution in [2.24, 2.45) is 0 Å². The van der Waals surface area contributed by atoms with Crippen LogP contribution in [-0.4, -0.2) is 55.2 Å². The van der Waals surface area contributed by atoms with Crippen molar-refractivity contribution in [1.82, 2.24) is 4.90 Å². The van der Waals surface area contributed by atoms with E-state index in [1.54, 1.807) is 48.5 Å². The van der Waals surface area contributed by atoms with Crippen LogP contribution in [0.5, 0.6) is 11.5 Å². The van der Waals surface area contributed by atoms with Crippen molar-refractivity contribution in [2.45, 2.75) is 13.0 Å². The number of likely N-dealkylation sites (tertiary alicyclic amines) is 1. The zero-order chi connectivity index (χ0) is 24.0. The SMILES string of the molecule is C=CCOc1ccc(C2/C(=C(\O)c3ccc(Cl)cc3)C(=O)C(=O)N2CCOC)cc1OCC. The number of ketones is 1. The minimum absolute atomic E-state index is 0.0133. The topological polar surface area (TPSA) is 85.3 Å². The summed E-state index contributed by atoms with van der Waals surface area (Å²) in [6.07, 6.45) is 1.62. The van der Waals surface area contributed by atoms with Gasteiger partial charge in [-0.2, -0.15) is 0 Å². The Morgan fingerprint density at radius 3 is 2.52 bits per heavy atom. The molecule has 3 rings (SSSR count). The molecule has 0 radical (unpaired) electrons. The van der Waals surface area contributed by atoms with Crippen LogP contribution < -0.4 is 9.47 Å². The van der Waals surface area contributed by atoms with E-state index in [1.165, 1.54) is 12.0 Å². The number of amides is 1. The molecule has 0 bridgehead atoms. The molecule has 33 heavy (non-hydrogen) atoms. The van der Waals surface area contributed by atoms with Gasteiger partial charge in [0.1, 0.15) is 12.4 Å². The minimum Gasteiger partial charge on any atom is -0.507 e. The van der Waals surface area contributed by atoms with E-state index in [4.69, 9.17) is 25.8 Å². The van der Waals surface area contributed by atoms with Crippen LogP contribution in [0.2, 0.25) is 5.02 Å². The minimum atomic E-state index is -0.830. The van der Waals surface area contributed by atoms with Crippen molar-refractivity contribution in [3.63, 3.8) is 0 Å². The number of hydrogen-bond acceptors (Lipinski definition) is 6. The summed E-state index contributed by atoms with van der Waals surface area (Å²) in [6.45, 7) is 6.57. The highest BCUT2D eigenvalue weighted by Crippen LogP contribution is 2.42. The first-order chi connectivity index (χ1) is 15.9. The van der Waals surface area contributed by atoms with E-state index in [0.717, 1.165) is 0 Å². The first-order valence-corrected chi connectivity index (χ1v) is 10.8. The van der Waals surface area contributed by atoms with Crippen LogP contribution >= 0.6 is 11.6 Å². The molecule has 0 aromatic heterocycles. The van der Waals surface area contributed by atoms with Gasteiger partial charge in [0, 0.05) is 24.2 Å². The van der Waals surface area contributed by atoms with Crippen molar-refractivity contribution in [3.8, 4) is 11.5 Å². The largest absolute Gasteiger partial charge is 0.507 e. The first-order valence-electron chi connectivity index (χ1n) is 10.5. The quantitative estimate of drug-likeness (QED) is 0.240. The summed E-state index contributed by atoms with van der Waals surface area (Å²) in [5.74, 6) is -0.793. The van der Waals surface area contributed by atoms with Gasteiger partial charge in [-0.15, -0.1) is 0 Å². The number of aliphatic hydroxyl groups is 1. The molecular weight excluding hydrogens is 446 g/mol. The second kappa shape index (κ2) is 11.0. The van der Waals surface area contributed by atoms with Gasteiger partial charge in [0.25, 0.3) is 11.7 Å². The molecule has 1 amide bonds. The van der Waals surface area contributed by atoms with Gasteiger partial charge in [-0.05, 0) is 48.9 Å². The molecule has 1 fully saturated rings. The van der Waals surface area contributed by atoms with Crippen molar-refractivity contribution >= 4 is 29.1 Å². The van der Waals surface area contributed by atoms with E-state index >= 15 is 0 Å². The second-order valence-corrected chi connectivity index (χ2v) is 7.67. The molecule has 1 N–H and O–H groups in total. The summed E-state index contributed by atoms with van der Waals surface area (Å²) in [5, 5.41) is 11.5. The average molecular weight is 472 g/mol. The fourth-order valence-electron chi connectivity index (χ4n) is 3.64. The Morgan fingerprint density at radius 2 is 1.88 bits per heavy atom. The normalized spacial score (nSPS) is 17.3. The van der Waals surface area contributed by atoms with Gasteiger partial charge in [0.2, 0.25) is 0 Å². The van der Waals surface area contributed by atoms with E-state index in [9.17, 15) is 14.7 Å².